The Balaban J connectivity index is 1.45. The molecule has 1 saturated carbocycles. The van der Waals surface area contributed by atoms with Crippen LogP contribution < -0.4 is 14.8 Å². The lowest BCUT2D eigenvalue weighted by Crippen LogP contribution is -2.45. The summed E-state index contributed by atoms with van der Waals surface area (Å²) in [6.45, 7) is 1.50. The van der Waals surface area contributed by atoms with Gasteiger partial charge in [-0.3, -0.25) is 9.69 Å². The van der Waals surface area contributed by atoms with Gasteiger partial charge in [0.15, 0.2) is 0 Å². The second-order valence-electron chi connectivity index (χ2n) is 9.13. The van der Waals surface area contributed by atoms with Gasteiger partial charge in [0.2, 0.25) is 5.91 Å². The van der Waals surface area contributed by atoms with Crippen LogP contribution in [0.25, 0.3) is 11.1 Å². The molecule has 1 aromatic heterocycles. The van der Waals surface area contributed by atoms with Crippen LogP contribution in [0, 0.1) is 5.21 Å². The topological polar surface area (TPSA) is 81.4 Å². The van der Waals surface area contributed by atoms with Crippen LogP contribution in [0.5, 0.6) is 5.88 Å². The molecule has 0 spiro atoms. The summed E-state index contributed by atoms with van der Waals surface area (Å²) >= 11 is 0. The summed E-state index contributed by atoms with van der Waals surface area (Å²) in [4.78, 5) is 19.9. The highest BCUT2D eigenvalue weighted by Crippen LogP contribution is 2.32. The van der Waals surface area contributed by atoms with Gasteiger partial charge >= 0.3 is 5.88 Å². The number of amides is 1. The fourth-order valence-electron chi connectivity index (χ4n) is 5.02. The second kappa shape index (κ2) is 10.2. The molecule has 7 heteroatoms. The summed E-state index contributed by atoms with van der Waals surface area (Å²) in [6.07, 6.45) is 8.07. The van der Waals surface area contributed by atoms with E-state index in [9.17, 15) is 10.0 Å². The molecule has 2 aromatic carbocycles. The van der Waals surface area contributed by atoms with Gasteiger partial charge in [-0.2, -0.15) is 0 Å². The summed E-state index contributed by atoms with van der Waals surface area (Å²) in [5, 5.41) is 15.4. The minimum atomic E-state index is -0.645. The summed E-state index contributed by atoms with van der Waals surface area (Å²) in [5.74, 6) is 0.266. The zero-order valence-electron chi connectivity index (χ0n) is 19.2. The van der Waals surface area contributed by atoms with Crippen molar-refractivity contribution < 1.29 is 14.3 Å². The number of nitrogens with zero attached hydrogens (tertiary/aromatic N) is 3. The molecular formula is C27H30N4O3. The zero-order valence-corrected chi connectivity index (χ0v) is 19.2. The normalized spacial score (nSPS) is 19.0. The first-order chi connectivity index (χ1) is 16.7. The molecule has 1 aliphatic carbocycles. The lowest BCUT2D eigenvalue weighted by atomic mass is 9.95. The average molecular weight is 459 g/mol. The maximum absolute atomic E-state index is 13.6. The number of rotatable bonds is 5. The summed E-state index contributed by atoms with van der Waals surface area (Å²) in [5.41, 5.74) is 3.89. The van der Waals surface area contributed by atoms with E-state index in [1.807, 2.05) is 24.3 Å². The van der Waals surface area contributed by atoms with Crippen LogP contribution >= 0.6 is 0 Å². The van der Waals surface area contributed by atoms with Gasteiger partial charge in [-0.05, 0) is 40.6 Å². The minimum Gasteiger partial charge on any atom is -0.711 e. The predicted molar refractivity (Wildman–Crippen MR) is 129 cm³/mol. The van der Waals surface area contributed by atoms with Crippen LogP contribution in [0.1, 0.15) is 49.3 Å². The van der Waals surface area contributed by atoms with Crippen molar-refractivity contribution in [1.82, 2.24) is 15.2 Å². The number of benzene rings is 2. The van der Waals surface area contributed by atoms with Crippen molar-refractivity contribution >= 4 is 5.91 Å². The maximum Gasteiger partial charge on any atom is 0.336 e. The molecule has 2 aliphatic rings. The van der Waals surface area contributed by atoms with Crippen LogP contribution in [-0.4, -0.2) is 35.0 Å². The molecule has 0 radical (unpaired) electrons. The molecule has 1 amide bonds. The molecule has 2 heterocycles. The molecule has 1 fully saturated rings. The Kier molecular flexibility index (Phi) is 6.72. The number of aromatic nitrogens is 2. The van der Waals surface area contributed by atoms with Crippen molar-refractivity contribution in [2.75, 3.05) is 13.2 Å². The lowest BCUT2D eigenvalue weighted by molar-refractivity contribution is -0.609. The molecule has 34 heavy (non-hydrogen) atoms. The van der Waals surface area contributed by atoms with Crippen LogP contribution in [-0.2, 0) is 11.3 Å². The smallest absolute Gasteiger partial charge is 0.336 e. The van der Waals surface area contributed by atoms with E-state index in [2.05, 4.69) is 45.5 Å². The van der Waals surface area contributed by atoms with Crippen molar-refractivity contribution in [3.05, 3.63) is 83.5 Å². The quantitative estimate of drug-likeness (QED) is 0.465. The van der Waals surface area contributed by atoms with E-state index >= 15 is 0 Å². The third-order valence-corrected chi connectivity index (χ3v) is 6.70. The van der Waals surface area contributed by atoms with Gasteiger partial charge in [-0.1, -0.05) is 67.8 Å². The number of carbonyl (C=O) groups is 1. The van der Waals surface area contributed by atoms with Crippen molar-refractivity contribution in [3.63, 3.8) is 0 Å². The van der Waals surface area contributed by atoms with Crippen LogP contribution in [0.4, 0.5) is 0 Å². The Labute approximate surface area is 200 Å². The molecule has 7 nitrogen and oxygen atoms in total. The number of ether oxygens (including phenoxy) is 1. The van der Waals surface area contributed by atoms with Crippen LogP contribution in [0.2, 0.25) is 0 Å². The van der Waals surface area contributed by atoms with Gasteiger partial charge < -0.3 is 15.3 Å². The van der Waals surface area contributed by atoms with Crippen molar-refractivity contribution in [2.24, 2.45) is 0 Å². The van der Waals surface area contributed by atoms with E-state index in [0.717, 1.165) is 42.4 Å². The maximum atomic E-state index is 13.6. The molecule has 5 rings (SSSR count). The monoisotopic (exact) mass is 458 g/mol. The van der Waals surface area contributed by atoms with Gasteiger partial charge in [0.05, 0.1) is 0 Å². The Hall–Kier alpha value is -3.45. The molecule has 1 atom stereocenters. The molecule has 1 aliphatic heterocycles. The molecule has 1 unspecified atom stereocenters. The van der Waals surface area contributed by atoms with E-state index in [1.54, 1.807) is 0 Å². The molecule has 0 bridgehead atoms. The number of carbonyl (C=O) groups excluding carboxylic acids is 1. The van der Waals surface area contributed by atoms with Crippen LogP contribution in [0.15, 0.2) is 67.1 Å². The highest BCUT2D eigenvalue weighted by molar-refractivity contribution is 5.84. The Morgan fingerprint density at radius 2 is 1.88 bits per heavy atom. The summed E-state index contributed by atoms with van der Waals surface area (Å²) in [7, 11) is 0. The highest BCUT2D eigenvalue weighted by atomic mass is 16.5. The Morgan fingerprint density at radius 3 is 2.71 bits per heavy atom. The number of hydrogen-bond acceptors (Lipinski definition) is 5. The molecule has 3 aromatic rings. The zero-order chi connectivity index (χ0) is 23.3. The first-order valence-corrected chi connectivity index (χ1v) is 12.1. The van der Waals surface area contributed by atoms with E-state index in [1.165, 1.54) is 18.9 Å². The van der Waals surface area contributed by atoms with Gasteiger partial charge in [-0.15, -0.1) is 0 Å². The Morgan fingerprint density at radius 1 is 1.09 bits per heavy atom. The predicted octanol–water partition coefficient (Wildman–Crippen LogP) is 3.77. The van der Waals surface area contributed by atoms with E-state index < -0.39 is 6.04 Å². The third-order valence-electron chi connectivity index (χ3n) is 6.70. The average Bonchev–Trinajstić information content (AvgIpc) is 3.04. The van der Waals surface area contributed by atoms with Crippen molar-refractivity contribution in [3.8, 4) is 17.0 Å². The number of hydrogen-bond donors (Lipinski definition) is 1. The highest BCUT2D eigenvalue weighted by Gasteiger charge is 2.37. The number of nitrogens with one attached hydrogen (secondary N) is 1. The molecule has 1 N–H and O–H groups in total. The van der Waals surface area contributed by atoms with Gasteiger partial charge in [0, 0.05) is 19.1 Å². The second-order valence-corrected chi connectivity index (χ2v) is 9.13. The van der Waals surface area contributed by atoms with Gasteiger partial charge in [-0.25, -0.2) is 4.73 Å². The fraction of sp³-hybridized carbons (Fsp3) is 0.370. The molecular weight excluding hydrogens is 428 g/mol. The van der Waals surface area contributed by atoms with Gasteiger partial charge in [0.25, 0.3) is 6.33 Å². The molecule has 176 valence electrons. The number of fused-ring (bicyclic) bond motifs is 1. The fourth-order valence-corrected chi connectivity index (χ4v) is 5.02. The van der Waals surface area contributed by atoms with E-state index in [4.69, 9.17) is 4.74 Å². The largest absolute Gasteiger partial charge is 0.711 e. The van der Waals surface area contributed by atoms with E-state index in [-0.39, 0.29) is 11.9 Å². The summed E-state index contributed by atoms with van der Waals surface area (Å²) in [6, 6.07) is 18.2. The van der Waals surface area contributed by atoms with E-state index in [0.29, 0.717) is 35.9 Å². The lowest BCUT2D eigenvalue weighted by Gasteiger charge is -2.31. The molecule has 0 saturated heterocycles. The van der Waals surface area contributed by atoms with Crippen molar-refractivity contribution in [1.29, 1.82) is 0 Å². The Bertz CT molecular complexity index is 1130. The third kappa shape index (κ3) is 5.04. The van der Waals surface area contributed by atoms with Crippen LogP contribution in [0.3, 0.4) is 0 Å². The first kappa shape index (κ1) is 22.3. The summed E-state index contributed by atoms with van der Waals surface area (Å²) < 4.78 is 6.49. The first-order valence-electron chi connectivity index (χ1n) is 12.1. The standard InChI is InChI=1S/C27H30N4O3/c32-26(29-23-12-5-2-6-13-23)25-24-18-31(33)19-28-27(24)34-15-14-30(25)17-20-8-7-11-22(16-20)21-9-3-1-4-10-21/h1,3-4,7-11,16,18-19,23,25H,2,5-6,12-15,17H2,(H,29,32). The van der Waals surface area contributed by atoms with Crippen molar-refractivity contribution in [2.45, 2.75) is 50.7 Å². The SMILES string of the molecule is O=C(NC1CCCCC1)C1c2c[n+]([O-])cnc2OCCN1Cc1cccc(-c2ccccc2)c1. The van der Waals surface area contributed by atoms with Gasteiger partial charge in [0.1, 0.15) is 24.4 Å². The minimum absolute atomic E-state index is 0.0918.